The number of rotatable bonds is 4. The van der Waals surface area contributed by atoms with Crippen LogP contribution in [0.15, 0.2) is 23.0 Å². The molecule has 1 heterocycles. The van der Waals surface area contributed by atoms with Crippen LogP contribution in [0.2, 0.25) is 5.02 Å². The summed E-state index contributed by atoms with van der Waals surface area (Å²) in [6.07, 6.45) is 4.11. The van der Waals surface area contributed by atoms with Gasteiger partial charge < -0.3 is 0 Å². The first-order chi connectivity index (χ1) is 11.8. The second kappa shape index (κ2) is 6.64. The number of nitrogens with zero attached hydrogens (tertiary/aromatic N) is 2. The standard InChI is InChI=1S/C20H26ClFN2O/c1-5-16-18(14-8-7-11-20(14,3)4)19(25)24(23(16)6-2)17-10-9-13(22)12-15(17)21/h9-10,12,14H,5-8,11H2,1-4H3/t14-/m1/s1. The van der Waals surface area contributed by atoms with Crippen molar-refractivity contribution in [3.05, 3.63) is 50.7 Å². The van der Waals surface area contributed by atoms with Crippen molar-refractivity contribution in [2.75, 3.05) is 0 Å². The minimum Gasteiger partial charge on any atom is -0.282 e. The first-order valence-corrected chi connectivity index (χ1v) is 9.49. The number of benzene rings is 1. The van der Waals surface area contributed by atoms with E-state index in [2.05, 4.69) is 20.8 Å². The summed E-state index contributed by atoms with van der Waals surface area (Å²) in [5, 5.41) is 0.259. The second-order valence-corrected chi connectivity index (χ2v) is 7.98. The summed E-state index contributed by atoms with van der Waals surface area (Å²) in [4.78, 5) is 13.4. The first-order valence-electron chi connectivity index (χ1n) is 9.11. The fraction of sp³-hybridized carbons (Fsp3) is 0.550. The normalized spacial score (nSPS) is 19.5. The molecule has 1 aliphatic rings. The second-order valence-electron chi connectivity index (χ2n) is 7.58. The van der Waals surface area contributed by atoms with Gasteiger partial charge in [0.1, 0.15) is 5.82 Å². The van der Waals surface area contributed by atoms with E-state index in [9.17, 15) is 9.18 Å². The maximum atomic E-state index is 13.5. The van der Waals surface area contributed by atoms with E-state index >= 15 is 0 Å². The number of hydrogen-bond acceptors (Lipinski definition) is 1. The molecule has 1 saturated carbocycles. The summed E-state index contributed by atoms with van der Waals surface area (Å²) in [6, 6.07) is 4.21. The smallest absolute Gasteiger partial charge is 0.275 e. The van der Waals surface area contributed by atoms with Crippen LogP contribution in [0.1, 0.15) is 64.1 Å². The summed E-state index contributed by atoms with van der Waals surface area (Å²) in [5.41, 5.74) is 2.66. The van der Waals surface area contributed by atoms with Gasteiger partial charge in [0.15, 0.2) is 0 Å². The van der Waals surface area contributed by atoms with Crippen molar-refractivity contribution >= 4 is 11.6 Å². The van der Waals surface area contributed by atoms with Gasteiger partial charge in [0.05, 0.1) is 10.7 Å². The van der Waals surface area contributed by atoms with Gasteiger partial charge in [-0.25, -0.2) is 9.07 Å². The molecular weight excluding hydrogens is 339 g/mol. The minimum atomic E-state index is -0.399. The molecule has 0 saturated heterocycles. The molecule has 3 nitrogen and oxygen atoms in total. The predicted octanol–water partition coefficient (Wildman–Crippen LogP) is 5.31. The topological polar surface area (TPSA) is 26.9 Å². The van der Waals surface area contributed by atoms with Crippen molar-refractivity contribution in [2.24, 2.45) is 5.41 Å². The largest absolute Gasteiger partial charge is 0.282 e. The zero-order chi connectivity index (χ0) is 18.4. The Morgan fingerprint density at radius 1 is 1.32 bits per heavy atom. The average Bonchev–Trinajstić information content (AvgIpc) is 3.03. The van der Waals surface area contributed by atoms with Crippen molar-refractivity contribution in [3.8, 4) is 5.69 Å². The Labute approximate surface area is 153 Å². The quantitative estimate of drug-likeness (QED) is 0.722. The van der Waals surface area contributed by atoms with E-state index in [-0.39, 0.29) is 21.9 Å². The van der Waals surface area contributed by atoms with Gasteiger partial charge in [-0.1, -0.05) is 38.8 Å². The molecule has 0 amide bonds. The van der Waals surface area contributed by atoms with Crippen LogP contribution in [-0.2, 0) is 13.0 Å². The van der Waals surface area contributed by atoms with E-state index in [0.717, 1.165) is 36.9 Å². The molecule has 0 bridgehead atoms. The lowest BCUT2D eigenvalue weighted by Gasteiger charge is -2.26. The lowest BCUT2D eigenvalue weighted by Crippen LogP contribution is -2.26. The summed E-state index contributed by atoms with van der Waals surface area (Å²) in [5.74, 6) is -0.141. The zero-order valence-corrected chi connectivity index (χ0v) is 16.2. The third-order valence-electron chi connectivity index (χ3n) is 5.66. The highest BCUT2D eigenvalue weighted by Crippen LogP contribution is 2.49. The van der Waals surface area contributed by atoms with E-state index in [1.54, 1.807) is 10.7 Å². The Balaban J connectivity index is 2.29. The molecule has 1 aromatic heterocycles. The average molecular weight is 365 g/mol. The Kier molecular flexibility index (Phi) is 4.84. The van der Waals surface area contributed by atoms with Gasteiger partial charge in [-0.05, 0) is 55.7 Å². The van der Waals surface area contributed by atoms with Crippen molar-refractivity contribution in [1.82, 2.24) is 9.36 Å². The predicted molar refractivity (Wildman–Crippen MR) is 100 cm³/mol. The van der Waals surface area contributed by atoms with Crippen LogP contribution >= 0.6 is 11.6 Å². The zero-order valence-electron chi connectivity index (χ0n) is 15.4. The summed E-state index contributed by atoms with van der Waals surface area (Å²) < 4.78 is 17.1. The van der Waals surface area contributed by atoms with Gasteiger partial charge in [-0.3, -0.25) is 9.48 Å². The van der Waals surface area contributed by atoms with Crippen molar-refractivity contribution in [3.63, 3.8) is 0 Å². The monoisotopic (exact) mass is 364 g/mol. The summed E-state index contributed by atoms with van der Waals surface area (Å²) >= 11 is 6.27. The SMILES string of the molecule is CCc1c([C@H]2CCCC2(C)C)c(=O)n(-c2ccc(F)cc2Cl)n1CC. The molecule has 0 radical (unpaired) electrons. The molecule has 2 aromatic rings. The molecule has 1 fully saturated rings. The minimum absolute atomic E-state index is 0.00724. The van der Waals surface area contributed by atoms with E-state index in [0.29, 0.717) is 12.2 Å². The van der Waals surface area contributed by atoms with E-state index in [1.807, 2.05) is 11.6 Å². The van der Waals surface area contributed by atoms with E-state index in [1.165, 1.54) is 12.1 Å². The molecule has 1 atom stereocenters. The lowest BCUT2D eigenvalue weighted by atomic mass is 9.77. The Bertz CT molecular complexity index is 850. The molecule has 0 N–H and O–H groups in total. The maximum absolute atomic E-state index is 13.5. The van der Waals surface area contributed by atoms with Gasteiger partial charge >= 0.3 is 0 Å². The molecule has 0 aliphatic heterocycles. The first kappa shape index (κ1) is 18.2. The third kappa shape index (κ3) is 2.95. The van der Waals surface area contributed by atoms with E-state index in [4.69, 9.17) is 11.6 Å². The van der Waals surface area contributed by atoms with Gasteiger partial charge in [0, 0.05) is 17.8 Å². The van der Waals surface area contributed by atoms with E-state index < -0.39 is 5.82 Å². The van der Waals surface area contributed by atoms with Crippen molar-refractivity contribution in [1.29, 1.82) is 0 Å². The summed E-state index contributed by atoms with van der Waals surface area (Å²) in [6.45, 7) is 9.28. The van der Waals surface area contributed by atoms with Gasteiger partial charge in [-0.15, -0.1) is 0 Å². The van der Waals surface area contributed by atoms with Crippen LogP contribution in [-0.4, -0.2) is 9.36 Å². The molecule has 0 unspecified atom stereocenters. The fourth-order valence-electron chi connectivity index (χ4n) is 4.42. The van der Waals surface area contributed by atoms with Crippen molar-refractivity contribution in [2.45, 2.75) is 65.8 Å². The number of halogens is 2. The number of hydrogen-bond donors (Lipinski definition) is 0. The Hall–Kier alpha value is -1.55. The number of aromatic nitrogens is 2. The van der Waals surface area contributed by atoms with Crippen molar-refractivity contribution < 1.29 is 4.39 Å². The molecule has 1 aliphatic carbocycles. The van der Waals surface area contributed by atoms with Gasteiger partial charge in [0.25, 0.3) is 5.56 Å². The van der Waals surface area contributed by atoms with Crippen LogP contribution in [0.25, 0.3) is 5.69 Å². The molecule has 5 heteroatoms. The Morgan fingerprint density at radius 3 is 2.56 bits per heavy atom. The molecular formula is C20H26ClFN2O. The molecule has 0 spiro atoms. The van der Waals surface area contributed by atoms with Gasteiger partial charge in [0.2, 0.25) is 0 Å². The highest BCUT2D eigenvalue weighted by molar-refractivity contribution is 6.32. The third-order valence-corrected chi connectivity index (χ3v) is 5.97. The summed E-state index contributed by atoms with van der Waals surface area (Å²) in [7, 11) is 0. The van der Waals surface area contributed by atoms with Crippen LogP contribution in [0.4, 0.5) is 4.39 Å². The highest BCUT2D eigenvalue weighted by Gasteiger charge is 2.40. The Morgan fingerprint density at radius 2 is 2.04 bits per heavy atom. The highest BCUT2D eigenvalue weighted by atomic mass is 35.5. The van der Waals surface area contributed by atoms with Crippen LogP contribution in [0, 0.1) is 11.2 Å². The molecule has 25 heavy (non-hydrogen) atoms. The van der Waals surface area contributed by atoms with Crippen LogP contribution in [0.5, 0.6) is 0 Å². The maximum Gasteiger partial charge on any atom is 0.275 e. The molecule has 1 aromatic carbocycles. The fourth-order valence-corrected chi connectivity index (χ4v) is 4.66. The molecule has 136 valence electrons. The van der Waals surface area contributed by atoms with Gasteiger partial charge in [-0.2, -0.15) is 0 Å². The lowest BCUT2D eigenvalue weighted by molar-refractivity contribution is 0.329. The van der Waals surface area contributed by atoms with Crippen LogP contribution in [0.3, 0.4) is 0 Å². The van der Waals surface area contributed by atoms with Crippen LogP contribution < -0.4 is 5.56 Å². The molecule has 3 rings (SSSR count).